The number of carbonyl (C=O) groups is 2. The van der Waals surface area contributed by atoms with E-state index in [4.69, 9.17) is 9.47 Å². The summed E-state index contributed by atoms with van der Waals surface area (Å²) in [7, 11) is 0. The molecule has 0 bridgehead atoms. The molecule has 0 N–H and O–H groups in total. The second-order valence-corrected chi connectivity index (χ2v) is 10.1. The van der Waals surface area contributed by atoms with Gasteiger partial charge in [-0.05, 0) is 78.5 Å². The Hall–Kier alpha value is -2.15. The van der Waals surface area contributed by atoms with Crippen molar-refractivity contribution >= 4 is 33.7 Å². The van der Waals surface area contributed by atoms with Crippen molar-refractivity contribution in [3.63, 3.8) is 0 Å². The van der Waals surface area contributed by atoms with Gasteiger partial charge in [0.2, 0.25) is 0 Å². The molecule has 1 aromatic heterocycles. The molecule has 0 aliphatic rings. The second kappa shape index (κ2) is 9.11. The molecule has 1 aromatic carbocycles. The summed E-state index contributed by atoms with van der Waals surface area (Å²) in [6, 6.07) is 6.21. The third-order valence-electron chi connectivity index (χ3n) is 3.87. The highest BCUT2D eigenvalue weighted by Crippen LogP contribution is 2.24. The maximum Gasteiger partial charge on any atom is 0.419 e. The Morgan fingerprint density at radius 3 is 2.14 bits per heavy atom. The van der Waals surface area contributed by atoms with E-state index >= 15 is 0 Å². The Kier molecular flexibility index (Phi) is 7.27. The molecule has 0 aliphatic heterocycles. The van der Waals surface area contributed by atoms with Crippen LogP contribution in [0.2, 0.25) is 0 Å². The highest BCUT2D eigenvalue weighted by atomic mass is 32.1. The predicted octanol–water partition coefficient (Wildman–Crippen LogP) is 5.96. The first-order valence-corrected chi connectivity index (χ1v) is 10.8. The van der Waals surface area contributed by atoms with Gasteiger partial charge >= 0.3 is 12.2 Å². The molecule has 0 atom stereocenters. The molecule has 6 nitrogen and oxygen atoms in total. The topological polar surface area (TPSA) is 68.7 Å². The van der Waals surface area contributed by atoms with E-state index in [1.807, 2.05) is 12.1 Å². The van der Waals surface area contributed by atoms with E-state index in [1.165, 1.54) is 0 Å². The molecule has 2 rings (SSSR count). The van der Waals surface area contributed by atoms with Crippen molar-refractivity contribution in [2.75, 3.05) is 6.54 Å². The van der Waals surface area contributed by atoms with Gasteiger partial charge in [-0.3, -0.25) is 0 Å². The average Bonchev–Trinajstić information content (AvgIpc) is 2.97. The third-order valence-corrected chi connectivity index (χ3v) is 5.04. The first-order valence-electron chi connectivity index (χ1n) is 10.00. The van der Waals surface area contributed by atoms with Gasteiger partial charge in [0, 0.05) is 6.54 Å². The number of hydrogen-bond donors (Lipinski definition) is 0. The van der Waals surface area contributed by atoms with E-state index in [1.54, 1.807) is 52.9 Å². The smallest absolute Gasteiger partial charge is 0.419 e. The zero-order chi connectivity index (χ0) is 21.8. The number of thiazole rings is 1. The standard InChI is InChI=1S/C22H32N2O4S/c1-8-18-23-16-12-11-15(14-17(16)29-18)10-9-13-24(19(25)27-21(2,3)4)20(26)28-22(5,6)7/h11-12,14H,8-10,13H2,1-7H3. The maximum absolute atomic E-state index is 12.5. The van der Waals surface area contributed by atoms with Gasteiger partial charge in [0.25, 0.3) is 0 Å². The lowest BCUT2D eigenvalue weighted by molar-refractivity contribution is 0.00130. The molecule has 2 amide bonds. The van der Waals surface area contributed by atoms with Crippen LogP contribution in [-0.4, -0.2) is 39.8 Å². The summed E-state index contributed by atoms with van der Waals surface area (Å²) in [6.07, 6.45) is 0.908. The summed E-state index contributed by atoms with van der Waals surface area (Å²) in [4.78, 5) is 30.7. The highest BCUT2D eigenvalue weighted by molar-refractivity contribution is 7.18. The molecule has 2 aromatic rings. The van der Waals surface area contributed by atoms with Crippen LogP contribution >= 0.6 is 11.3 Å². The van der Waals surface area contributed by atoms with Gasteiger partial charge in [-0.25, -0.2) is 19.5 Å². The highest BCUT2D eigenvalue weighted by Gasteiger charge is 2.30. The fourth-order valence-electron chi connectivity index (χ4n) is 2.66. The Bertz CT molecular complexity index is 834. The van der Waals surface area contributed by atoms with E-state index in [0.29, 0.717) is 6.42 Å². The van der Waals surface area contributed by atoms with Crippen molar-refractivity contribution in [3.05, 3.63) is 28.8 Å². The Labute approximate surface area is 177 Å². The average molecular weight is 421 g/mol. The normalized spacial score (nSPS) is 12.1. The molecule has 0 saturated carbocycles. The van der Waals surface area contributed by atoms with Gasteiger partial charge in [0.1, 0.15) is 11.2 Å². The summed E-state index contributed by atoms with van der Waals surface area (Å²) >= 11 is 1.70. The van der Waals surface area contributed by atoms with Crippen molar-refractivity contribution in [3.8, 4) is 0 Å². The molecule has 0 unspecified atom stereocenters. The number of ether oxygens (including phenoxy) is 2. The monoisotopic (exact) mass is 420 g/mol. The van der Waals surface area contributed by atoms with Crippen LogP contribution in [-0.2, 0) is 22.3 Å². The fourth-order valence-corrected chi connectivity index (χ4v) is 3.63. The number of nitrogens with zero attached hydrogens (tertiary/aromatic N) is 2. The van der Waals surface area contributed by atoms with Gasteiger partial charge in [-0.1, -0.05) is 13.0 Å². The lowest BCUT2D eigenvalue weighted by Gasteiger charge is -2.28. The van der Waals surface area contributed by atoms with E-state index in [-0.39, 0.29) is 6.54 Å². The first-order chi connectivity index (χ1) is 13.4. The maximum atomic E-state index is 12.5. The van der Waals surface area contributed by atoms with Crippen LogP contribution in [0.5, 0.6) is 0 Å². The van der Waals surface area contributed by atoms with E-state index < -0.39 is 23.4 Å². The minimum Gasteiger partial charge on any atom is -0.443 e. The largest absolute Gasteiger partial charge is 0.443 e. The van der Waals surface area contributed by atoms with Gasteiger partial charge in [-0.2, -0.15) is 0 Å². The Morgan fingerprint density at radius 1 is 1.03 bits per heavy atom. The van der Waals surface area contributed by atoms with Crippen LogP contribution in [0.25, 0.3) is 10.2 Å². The summed E-state index contributed by atoms with van der Waals surface area (Å²) in [5, 5.41) is 1.12. The first kappa shape index (κ1) is 23.1. The number of hydrogen-bond acceptors (Lipinski definition) is 6. The number of aromatic nitrogens is 1. The number of aryl methyl sites for hydroxylation is 2. The van der Waals surface area contributed by atoms with Crippen molar-refractivity contribution in [1.29, 1.82) is 0 Å². The fraction of sp³-hybridized carbons (Fsp3) is 0.591. The summed E-state index contributed by atoms with van der Waals surface area (Å²) in [5.74, 6) is 0. The van der Waals surface area contributed by atoms with Crippen LogP contribution in [0.3, 0.4) is 0 Å². The van der Waals surface area contributed by atoms with Gasteiger partial charge < -0.3 is 9.47 Å². The van der Waals surface area contributed by atoms with E-state index in [2.05, 4.69) is 18.0 Å². The predicted molar refractivity (Wildman–Crippen MR) is 116 cm³/mol. The van der Waals surface area contributed by atoms with Crippen molar-refractivity contribution in [2.24, 2.45) is 0 Å². The van der Waals surface area contributed by atoms with Gasteiger partial charge in [-0.15, -0.1) is 11.3 Å². The van der Waals surface area contributed by atoms with Crippen LogP contribution in [0.15, 0.2) is 18.2 Å². The molecule has 0 fully saturated rings. The molecule has 29 heavy (non-hydrogen) atoms. The molecule has 0 aliphatic carbocycles. The number of fused-ring (bicyclic) bond motifs is 1. The Balaban J connectivity index is 2.06. The number of carbonyl (C=O) groups excluding carboxylic acids is 2. The lowest BCUT2D eigenvalue weighted by atomic mass is 10.1. The number of benzene rings is 1. The van der Waals surface area contributed by atoms with Crippen molar-refractivity contribution < 1.29 is 19.1 Å². The van der Waals surface area contributed by atoms with E-state index in [9.17, 15) is 9.59 Å². The van der Waals surface area contributed by atoms with Gasteiger partial charge in [0.15, 0.2) is 0 Å². The van der Waals surface area contributed by atoms with Crippen LogP contribution < -0.4 is 0 Å². The minimum absolute atomic E-state index is 0.227. The molecule has 0 spiro atoms. The SMILES string of the molecule is CCc1nc2ccc(CCCN(C(=O)OC(C)(C)C)C(=O)OC(C)(C)C)cc2s1. The zero-order valence-electron chi connectivity index (χ0n) is 18.5. The molecular formula is C22H32N2O4S. The van der Waals surface area contributed by atoms with Gasteiger partial charge in [0.05, 0.1) is 15.2 Å². The van der Waals surface area contributed by atoms with Crippen LogP contribution in [0.1, 0.15) is 65.5 Å². The number of amides is 2. The molecule has 1 heterocycles. The quantitative estimate of drug-likeness (QED) is 0.596. The zero-order valence-corrected chi connectivity index (χ0v) is 19.3. The van der Waals surface area contributed by atoms with Crippen molar-refractivity contribution in [1.82, 2.24) is 9.88 Å². The minimum atomic E-state index is -0.689. The summed E-state index contributed by atoms with van der Waals surface area (Å²) < 4.78 is 11.9. The summed E-state index contributed by atoms with van der Waals surface area (Å²) in [6.45, 7) is 12.9. The molecule has 0 saturated heterocycles. The number of rotatable bonds is 5. The van der Waals surface area contributed by atoms with Crippen molar-refractivity contribution in [2.45, 2.75) is 78.9 Å². The summed E-state index contributed by atoms with van der Waals surface area (Å²) in [5.41, 5.74) is 0.786. The number of imide groups is 1. The molecule has 160 valence electrons. The lowest BCUT2D eigenvalue weighted by Crippen LogP contribution is -2.44. The second-order valence-electron chi connectivity index (χ2n) is 8.98. The molecule has 7 heteroatoms. The molecule has 0 radical (unpaired) electrons. The van der Waals surface area contributed by atoms with Crippen LogP contribution in [0.4, 0.5) is 9.59 Å². The third kappa shape index (κ3) is 7.31. The van der Waals surface area contributed by atoms with E-state index in [0.717, 1.165) is 38.5 Å². The Morgan fingerprint density at radius 2 is 1.62 bits per heavy atom. The van der Waals surface area contributed by atoms with Crippen LogP contribution in [0, 0.1) is 0 Å². The molecular weight excluding hydrogens is 388 g/mol.